The zero-order chi connectivity index (χ0) is 15.2. The molecule has 0 unspecified atom stereocenters. The molecule has 0 aliphatic heterocycles. The molecule has 118 valence electrons. The van der Waals surface area contributed by atoms with E-state index in [1.807, 2.05) is 0 Å². The molecule has 21 heavy (non-hydrogen) atoms. The Morgan fingerprint density at radius 1 is 1.33 bits per heavy atom. The van der Waals surface area contributed by atoms with Crippen molar-refractivity contribution >= 4 is 28.3 Å². The molecule has 1 fully saturated rings. The second-order valence-electron chi connectivity index (χ2n) is 5.69. The molecule has 0 atom stereocenters. The standard InChI is InChI=1S/C15H26N4OS/c1-3-5-9-19(10-6-4-2)15-12(13(16)18-21-15)14(20)17-11-7-8-11/h11H,3-10H2,1-2H3,(H2,16,18)(H,17,20). The quantitative estimate of drug-likeness (QED) is 0.735. The molecule has 1 amide bonds. The SMILES string of the molecule is CCCCN(CCCC)c1snc(N)c1C(=O)NC1CC1. The number of aromatic nitrogens is 1. The van der Waals surface area contributed by atoms with Crippen LogP contribution in [-0.2, 0) is 0 Å². The molecule has 1 saturated carbocycles. The molecule has 5 nitrogen and oxygen atoms in total. The molecular formula is C15H26N4OS. The minimum absolute atomic E-state index is 0.0586. The van der Waals surface area contributed by atoms with Crippen LogP contribution >= 0.6 is 11.5 Å². The van der Waals surface area contributed by atoms with Gasteiger partial charge in [-0.25, -0.2) is 0 Å². The number of nitrogens with zero attached hydrogens (tertiary/aromatic N) is 2. The molecule has 0 aromatic carbocycles. The van der Waals surface area contributed by atoms with Gasteiger partial charge in [-0.05, 0) is 37.2 Å². The largest absolute Gasteiger partial charge is 0.382 e. The van der Waals surface area contributed by atoms with Crippen LogP contribution in [0.2, 0.25) is 0 Å². The van der Waals surface area contributed by atoms with Crippen LogP contribution in [0.3, 0.4) is 0 Å². The summed E-state index contributed by atoms with van der Waals surface area (Å²) in [5, 5.41) is 3.96. The molecule has 2 rings (SSSR count). The topological polar surface area (TPSA) is 71.2 Å². The van der Waals surface area contributed by atoms with Crippen molar-refractivity contribution < 1.29 is 4.79 Å². The molecule has 6 heteroatoms. The zero-order valence-corrected chi connectivity index (χ0v) is 13.8. The van der Waals surface area contributed by atoms with Crippen molar-refractivity contribution in [1.29, 1.82) is 0 Å². The van der Waals surface area contributed by atoms with E-state index in [0.29, 0.717) is 17.4 Å². The van der Waals surface area contributed by atoms with Gasteiger partial charge in [-0.15, -0.1) is 0 Å². The number of nitrogens with one attached hydrogen (secondary N) is 1. The summed E-state index contributed by atoms with van der Waals surface area (Å²) >= 11 is 1.35. The third kappa shape index (κ3) is 4.33. The highest BCUT2D eigenvalue weighted by molar-refractivity contribution is 7.11. The second kappa shape index (κ2) is 7.64. The van der Waals surface area contributed by atoms with Gasteiger partial charge in [0.25, 0.3) is 5.91 Å². The minimum Gasteiger partial charge on any atom is -0.382 e. The van der Waals surface area contributed by atoms with Gasteiger partial charge < -0.3 is 16.0 Å². The van der Waals surface area contributed by atoms with E-state index in [-0.39, 0.29) is 5.91 Å². The van der Waals surface area contributed by atoms with Crippen LogP contribution < -0.4 is 16.0 Å². The van der Waals surface area contributed by atoms with Crippen molar-refractivity contribution in [2.75, 3.05) is 23.7 Å². The number of unbranched alkanes of at least 4 members (excludes halogenated alkanes) is 2. The van der Waals surface area contributed by atoms with E-state index < -0.39 is 0 Å². The average molecular weight is 310 g/mol. The van der Waals surface area contributed by atoms with E-state index in [1.54, 1.807) is 0 Å². The Kier molecular flexibility index (Phi) is 5.85. The highest BCUT2D eigenvalue weighted by atomic mass is 32.1. The fourth-order valence-corrected chi connectivity index (χ4v) is 3.08. The molecule has 1 heterocycles. The summed E-state index contributed by atoms with van der Waals surface area (Å²) in [6, 6.07) is 0.337. The number of carbonyl (C=O) groups excluding carboxylic acids is 1. The summed E-state index contributed by atoms with van der Waals surface area (Å²) < 4.78 is 4.22. The number of carbonyl (C=O) groups is 1. The Morgan fingerprint density at radius 3 is 2.48 bits per heavy atom. The van der Waals surface area contributed by atoms with Crippen molar-refractivity contribution in [3.05, 3.63) is 5.56 Å². The van der Waals surface area contributed by atoms with Gasteiger partial charge in [-0.2, -0.15) is 4.37 Å². The van der Waals surface area contributed by atoms with Gasteiger partial charge in [-0.3, -0.25) is 4.79 Å². The molecule has 1 aliphatic carbocycles. The van der Waals surface area contributed by atoms with Crippen molar-refractivity contribution in [3.8, 4) is 0 Å². The van der Waals surface area contributed by atoms with Gasteiger partial charge in [0.2, 0.25) is 0 Å². The Balaban J connectivity index is 2.15. The molecule has 0 bridgehead atoms. The normalized spacial score (nSPS) is 14.2. The Hall–Kier alpha value is -1.30. The molecule has 1 aromatic rings. The fraction of sp³-hybridized carbons (Fsp3) is 0.733. The zero-order valence-electron chi connectivity index (χ0n) is 13.0. The van der Waals surface area contributed by atoms with Crippen molar-refractivity contribution in [1.82, 2.24) is 9.69 Å². The number of nitrogens with two attached hydrogens (primary N) is 1. The van der Waals surface area contributed by atoms with E-state index in [1.165, 1.54) is 11.5 Å². The highest BCUT2D eigenvalue weighted by Crippen LogP contribution is 2.32. The van der Waals surface area contributed by atoms with E-state index >= 15 is 0 Å². The van der Waals surface area contributed by atoms with Crippen LogP contribution in [-0.4, -0.2) is 29.4 Å². The summed E-state index contributed by atoms with van der Waals surface area (Å²) in [6.45, 7) is 6.28. The fourth-order valence-electron chi connectivity index (χ4n) is 2.22. The summed E-state index contributed by atoms with van der Waals surface area (Å²) in [6.07, 6.45) is 6.67. The molecular weight excluding hydrogens is 284 g/mol. The first-order valence-corrected chi connectivity index (χ1v) is 8.75. The number of anilines is 2. The first-order chi connectivity index (χ1) is 10.2. The lowest BCUT2D eigenvalue weighted by Gasteiger charge is -2.23. The smallest absolute Gasteiger partial charge is 0.258 e. The van der Waals surface area contributed by atoms with Crippen molar-refractivity contribution in [2.24, 2.45) is 0 Å². The Morgan fingerprint density at radius 2 is 1.95 bits per heavy atom. The Bertz CT molecular complexity index is 462. The molecule has 1 aliphatic rings. The lowest BCUT2D eigenvalue weighted by atomic mass is 10.2. The van der Waals surface area contributed by atoms with Gasteiger partial charge in [0.15, 0.2) is 5.82 Å². The van der Waals surface area contributed by atoms with Crippen LogP contribution in [0.15, 0.2) is 0 Å². The first-order valence-electron chi connectivity index (χ1n) is 7.98. The number of nitrogen functional groups attached to an aromatic ring is 1. The predicted octanol–water partition coefficient (Wildman–Crippen LogP) is 3.02. The average Bonchev–Trinajstić information content (AvgIpc) is 3.19. The molecule has 0 saturated heterocycles. The highest BCUT2D eigenvalue weighted by Gasteiger charge is 2.28. The van der Waals surface area contributed by atoms with Crippen molar-refractivity contribution in [2.45, 2.75) is 58.4 Å². The van der Waals surface area contributed by atoms with Gasteiger partial charge in [-0.1, -0.05) is 26.7 Å². The number of hydrogen-bond acceptors (Lipinski definition) is 5. The van der Waals surface area contributed by atoms with Gasteiger partial charge >= 0.3 is 0 Å². The van der Waals surface area contributed by atoms with Gasteiger partial charge in [0.1, 0.15) is 10.6 Å². The van der Waals surface area contributed by atoms with E-state index in [2.05, 4.69) is 28.4 Å². The molecule has 3 N–H and O–H groups in total. The van der Waals surface area contributed by atoms with Crippen LogP contribution in [0.5, 0.6) is 0 Å². The Labute approximate surface area is 131 Å². The maximum atomic E-state index is 12.4. The van der Waals surface area contributed by atoms with E-state index in [4.69, 9.17) is 5.73 Å². The third-order valence-corrected chi connectivity index (χ3v) is 4.61. The van der Waals surface area contributed by atoms with E-state index in [0.717, 1.165) is 56.6 Å². The molecule has 0 radical (unpaired) electrons. The maximum Gasteiger partial charge on any atom is 0.258 e. The molecule has 0 spiro atoms. The van der Waals surface area contributed by atoms with Crippen molar-refractivity contribution in [3.63, 3.8) is 0 Å². The monoisotopic (exact) mass is 310 g/mol. The summed E-state index contributed by atoms with van der Waals surface area (Å²) in [4.78, 5) is 14.7. The van der Waals surface area contributed by atoms with Crippen LogP contribution in [0.1, 0.15) is 62.7 Å². The van der Waals surface area contributed by atoms with E-state index in [9.17, 15) is 4.79 Å². The maximum absolute atomic E-state index is 12.4. The summed E-state index contributed by atoms with van der Waals surface area (Å²) in [5.74, 6) is 0.308. The van der Waals surface area contributed by atoms with Crippen LogP contribution in [0.4, 0.5) is 10.8 Å². The second-order valence-corrected chi connectivity index (χ2v) is 6.44. The number of rotatable bonds is 9. The number of hydrogen-bond donors (Lipinski definition) is 2. The lowest BCUT2D eigenvalue weighted by Crippen LogP contribution is -2.30. The predicted molar refractivity (Wildman–Crippen MR) is 89.0 cm³/mol. The first kappa shape index (κ1) is 16.1. The van der Waals surface area contributed by atoms with Gasteiger partial charge in [0.05, 0.1) is 0 Å². The van der Waals surface area contributed by atoms with Crippen LogP contribution in [0.25, 0.3) is 0 Å². The van der Waals surface area contributed by atoms with Crippen LogP contribution in [0, 0.1) is 0 Å². The third-order valence-electron chi connectivity index (χ3n) is 3.69. The lowest BCUT2D eigenvalue weighted by molar-refractivity contribution is 0.0952. The van der Waals surface area contributed by atoms with Gasteiger partial charge in [0, 0.05) is 19.1 Å². The molecule has 1 aromatic heterocycles. The minimum atomic E-state index is -0.0586. The number of amides is 1. The summed E-state index contributed by atoms with van der Waals surface area (Å²) in [7, 11) is 0. The summed E-state index contributed by atoms with van der Waals surface area (Å²) in [5.41, 5.74) is 6.53.